The zero-order chi connectivity index (χ0) is 14.5. The van der Waals surface area contributed by atoms with Crippen LogP contribution in [0.25, 0.3) is 0 Å². The van der Waals surface area contributed by atoms with Crippen LogP contribution in [0.5, 0.6) is 0 Å². The lowest BCUT2D eigenvalue weighted by Crippen LogP contribution is -2.42. The first-order valence-corrected chi connectivity index (χ1v) is 7.92. The van der Waals surface area contributed by atoms with Gasteiger partial charge >= 0.3 is 0 Å². The zero-order valence-electron chi connectivity index (χ0n) is 11.6. The van der Waals surface area contributed by atoms with Crippen LogP contribution in [0, 0.1) is 0 Å². The van der Waals surface area contributed by atoms with Gasteiger partial charge in [0.15, 0.2) is 0 Å². The van der Waals surface area contributed by atoms with E-state index >= 15 is 0 Å². The first kappa shape index (κ1) is 15.7. The van der Waals surface area contributed by atoms with Crippen LogP contribution in [0.2, 0.25) is 0 Å². The third kappa shape index (κ3) is 4.41. The summed E-state index contributed by atoms with van der Waals surface area (Å²) >= 11 is 8.59. The largest absolute Gasteiger partial charge is 0.389 e. The number of nitrogens with one attached hydrogen (secondary N) is 1. The van der Waals surface area contributed by atoms with Crippen LogP contribution in [0.4, 0.5) is 5.69 Å². The molecule has 4 nitrogen and oxygen atoms in total. The van der Waals surface area contributed by atoms with Gasteiger partial charge in [0.1, 0.15) is 4.99 Å². The third-order valence-electron chi connectivity index (χ3n) is 3.28. The summed E-state index contributed by atoms with van der Waals surface area (Å²) in [5.74, 6) is 0. The van der Waals surface area contributed by atoms with Crippen molar-refractivity contribution in [2.24, 2.45) is 5.73 Å². The molecule has 20 heavy (non-hydrogen) atoms. The van der Waals surface area contributed by atoms with E-state index in [1.165, 1.54) is 0 Å². The highest BCUT2D eigenvalue weighted by molar-refractivity contribution is 9.10. The first-order chi connectivity index (χ1) is 9.56. The molecule has 0 saturated carbocycles. The van der Waals surface area contributed by atoms with Crippen LogP contribution in [-0.4, -0.2) is 48.8 Å². The second-order valence-corrected chi connectivity index (χ2v) is 6.37. The highest BCUT2D eigenvalue weighted by Gasteiger charge is 2.15. The molecule has 110 valence electrons. The summed E-state index contributed by atoms with van der Waals surface area (Å²) < 4.78 is 6.38. The number of rotatable bonds is 5. The molecule has 1 fully saturated rings. The number of thiocarbonyl (C=S) groups is 1. The number of hydrogen-bond donors (Lipinski definition) is 2. The summed E-state index contributed by atoms with van der Waals surface area (Å²) in [5, 5.41) is 3.50. The molecule has 3 N–H and O–H groups in total. The summed E-state index contributed by atoms with van der Waals surface area (Å²) in [7, 11) is 0. The molecule has 6 heteroatoms. The molecule has 2 rings (SSSR count). The molecule has 1 aliphatic rings. The van der Waals surface area contributed by atoms with Crippen LogP contribution in [-0.2, 0) is 4.74 Å². The van der Waals surface area contributed by atoms with Crippen molar-refractivity contribution in [3.63, 3.8) is 0 Å². The van der Waals surface area contributed by atoms with Gasteiger partial charge < -0.3 is 15.8 Å². The van der Waals surface area contributed by atoms with E-state index in [1.807, 2.05) is 18.2 Å². The van der Waals surface area contributed by atoms with Crippen molar-refractivity contribution in [3.8, 4) is 0 Å². The predicted molar refractivity (Wildman–Crippen MR) is 90.4 cm³/mol. The van der Waals surface area contributed by atoms with Crippen molar-refractivity contribution in [1.82, 2.24) is 4.90 Å². The highest BCUT2D eigenvalue weighted by atomic mass is 79.9. The molecule has 1 saturated heterocycles. The predicted octanol–water partition coefficient (Wildman–Crippen LogP) is 2.22. The molecule has 0 aliphatic carbocycles. The molecule has 1 aromatic rings. The molecule has 0 aromatic heterocycles. The Morgan fingerprint density at radius 2 is 2.20 bits per heavy atom. The number of benzene rings is 1. The van der Waals surface area contributed by atoms with Gasteiger partial charge in [-0.05, 0) is 25.1 Å². The third-order valence-corrected chi connectivity index (χ3v) is 4.00. The van der Waals surface area contributed by atoms with Crippen LogP contribution in [0.1, 0.15) is 12.5 Å². The lowest BCUT2D eigenvalue weighted by atomic mass is 10.1. The standard InChI is InChI=1S/C14H20BrN3OS/c1-10(9-18-4-6-19-7-5-18)17-13-8-11(15)2-3-12(13)14(16)20/h2-3,8,10,17H,4-7,9H2,1H3,(H2,16,20). The van der Waals surface area contributed by atoms with Crippen molar-refractivity contribution in [2.45, 2.75) is 13.0 Å². The molecule has 0 amide bonds. The summed E-state index contributed by atoms with van der Waals surface area (Å²) in [6.45, 7) is 6.77. The highest BCUT2D eigenvalue weighted by Crippen LogP contribution is 2.22. The van der Waals surface area contributed by atoms with Gasteiger partial charge in [0.05, 0.1) is 13.2 Å². The van der Waals surface area contributed by atoms with Crippen molar-refractivity contribution in [3.05, 3.63) is 28.2 Å². The maximum atomic E-state index is 5.77. The number of morpholine rings is 1. The monoisotopic (exact) mass is 357 g/mol. The van der Waals surface area contributed by atoms with E-state index in [0.29, 0.717) is 11.0 Å². The summed E-state index contributed by atoms with van der Waals surface area (Å²) in [6.07, 6.45) is 0. The Hall–Kier alpha value is -0.690. The van der Waals surface area contributed by atoms with E-state index in [4.69, 9.17) is 22.7 Å². The maximum absolute atomic E-state index is 5.77. The van der Waals surface area contributed by atoms with Gasteiger partial charge in [-0.15, -0.1) is 0 Å². The number of ether oxygens (including phenoxy) is 1. The Morgan fingerprint density at radius 3 is 2.85 bits per heavy atom. The number of hydrogen-bond acceptors (Lipinski definition) is 4. The molecule has 1 heterocycles. The van der Waals surface area contributed by atoms with E-state index in [1.54, 1.807) is 0 Å². The van der Waals surface area contributed by atoms with Gasteiger partial charge in [0.25, 0.3) is 0 Å². The van der Waals surface area contributed by atoms with E-state index in [0.717, 1.165) is 48.6 Å². The lowest BCUT2D eigenvalue weighted by Gasteiger charge is -2.30. The van der Waals surface area contributed by atoms with Crippen molar-refractivity contribution < 1.29 is 4.74 Å². The Labute approximate surface area is 133 Å². The molecule has 1 aliphatic heterocycles. The fourth-order valence-corrected chi connectivity index (χ4v) is 2.87. The molecule has 0 radical (unpaired) electrons. The van der Waals surface area contributed by atoms with Gasteiger partial charge in [-0.3, -0.25) is 4.90 Å². The molecule has 1 atom stereocenters. The molecular formula is C14H20BrN3OS. The van der Waals surface area contributed by atoms with Crippen LogP contribution >= 0.6 is 28.1 Å². The minimum Gasteiger partial charge on any atom is -0.389 e. The van der Waals surface area contributed by atoms with E-state index < -0.39 is 0 Å². The fraction of sp³-hybridized carbons (Fsp3) is 0.500. The molecular weight excluding hydrogens is 338 g/mol. The quantitative estimate of drug-likeness (QED) is 0.791. The minimum absolute atomic E-state index is 0.315. The topological polar surface area (TPSA) is 50.5 Å². The first-order valence-electron chi connectivity index (χ1n) is 6.72. The van der Waals surface area contributed by atoms with E-state index in [9.17, 15) is 0 Å². The Kier molecular flexibility index (Phi) is 5.77. The van der Waals surface area contributed by atoms with Gasteiger partial charge in [-0.25, -0.2) is 0 Å². The number of nitrogens with zero attached hydrogens (tertiary/aromatic N) is 1. The van der Waals surface area contributed by atoms with Crippen molar-refractivity contribution in [1.29, 1.82) is 0 Å². The van der Waals surface area contributed by atoms with Crippen LogP contribution in [0.15, 0.2) is 22.7 Å². The normalized spacial score (nSPS) is 17.7. The summed E-state index contributed by atoms with van der Waals surface area (Å²) in [6, 6.07) is 6.22. The number of halogens is 1. The second-order valence-electron chi connectivity index (χ2n) is 5.01. The summed E-state index contributed by atoms with van der Waals surface area (Å²) in [4.78, 5) is 2.82. The fourth-order valence-electron chi connectivity index (χ4n) is 2.33. The van der Waals surface area contributed by atoms with Crippen LogP contribution in [0.3, 0.4) is 0 Å². The minimum atomic E-state index is 0.315. The number of anilines is 1. The van der Waals surface area contributed by atoms with Gasteiger partial charge in [-0.2, -0.15) is 0 Å². The van der Waals surface area contributed by atoms with Gasteiger partial charge in [-0.1, -0.05) is 28.1 Å². The summed E-state index contributed by atoms with van der Waals surface area (Å²) in [5.41, 5.74) is 7.64. The smallest absolute Gasteiger partial charge is 0.106 e. The van der Waals surface area contributed by atoms with Gasteiger partial charge in [0, 0.05) is 41.4 Å². The van der Waals surface area contributed by atoms with E-state index in [2.05, 4.69) is 33.1 Å². The Morgan fingerprint density at radius 1 is 1.50 bits per heavy atom. The average Bonchev–Trinajstić information content (AvgIpc) is 2.39. The average molecular weight is 358 g/mol. The van der Waals surface area contributed by atoms with Crippen LogP contribution < -0.4 is 11.1 Å². The molecule has 0 bridgehead atoms. The van der Waals surface area contributed by atoms with Crippen molar-refractivity contribution in [2.75, 3.05) is 38.2 Å². The lowest BCUT2D eigenvalue weighted by molar-refractivity contribution is 0.0368. The molecule has 0 spiro atoms. The SMILES string of the molecule is CC(CN1CCOCC1)Nc1cc(Br)ccc1C(N)=S. The van der Waals surface area contributed by atoms with Crippen molar-refractivity contribution >= 4 is 38.8 Å². The Bertz CT molecular complexity index is 477. The number of nitrogens with two attached hydrogens (primary N) is 1. The zero-order valence-corrected chi connectivity index (χ0v) is 14.0. The molecule has 1 unspecified atom stereocenters. The maximum Gasteiger partial charge on any atom is 0.106 e. The Balaban J connectivity index is 2.00. The second kappa shape index (κ2) is 7.36. The van der Waals surface area contributed by atoms with Gasteiger partial charge in [0.2, 0.25) is 0 Å². The van der Waals surface area contributed by atoms with E-state index in [-0.39, 0.29) is 0 Å². The molecule has 1 aromatic carbocycles.